The minimum atomic E-state index is -0.684. The second-order valence-corrected chi connectivity index (χ2v) is 7.50. The number of benzene rings is 1. The predicted octanol–water partition coefficient (Wildman–Crippen LogP) is 2.76. The van der Waals surface area contributed by atoms with Gasteiger partial charge in [-0.1, -0.05) is 5.21 Å². The zero-order chi connectivity index (χ0) is 17.8. The minimum Gasteiger partial charge on any atom is -0.386 e. The molecule has 1 saturated heterocycles. The van der Waals surface area contributed by atoms with Crippen LogP contribution in [0.15, 0.2) is 12.1 Å². The van der Waals surface area contributed by atoms with Crippen LogP contribution in [0.25, 0.3) is 22.3 Å². The summed E-state index contributed by atoms with van der Waals surface area (Å²) in [5.41, 5.74) is 5.44. The summed E-state index contributed by atoms with van der Waals surface area (Å²) >= 11 is 0. The standard InChI is InChI=1S/C19H23N5O2/c1-10-17(24(2)23-22-10)12-8-13(18(25)15-4-3-7-26-15)16-14(9-12)20-19(21-16)11-5-6-11/h8-9,11,15,18,25H,3-7H2,1-2H3,(H,20,21). The largest absolute Gasteiger partial charge is 0.386 e. The highest BCUT2D eigenvalue weighted by Gasteiger charge is 2.31. The van der Waals surface area contributed by atoms with Gasteiger partial charge < -0.3 is 14.8 Å². The van der Waals surface area contributed by atoms with Crippen LogP contribution < -0.4 is 0 Å². The fourth-order valence-electron chi connectivity index (χ4n) is 3.98. The molecule has 0 spiro atoms. The number of fused-ring (bicyclic) bond motifs is 1. The topological polar surface area (TPSA) is 88.8 Å². The molecule has 7 heteroatoms. The number of aromatic nitrogens is 5. The van der Waals surface area contributed by atoms with Gasteiger partial charge in [0.25, 0.3) is 0 Å². The Morgan fingerprint density at radius 3 is 2.81 bits per heavy atom. The number of aromatic amines is 1. The highest BCUT2D eigenvalue weighted by molar-refractivity contribution is 5.85. The third kappa shape index (κ3) is 2.54. The summed E-state index contributed by atoms with van der Waals surface area (Å²) in [6, 6.07) is 4.11. The van der Waals surface area contributed by atoms with Crippen LogP contribution in [-0.4, -0.2) is 42.8 Å². The molecule has 136 valence electrons. The van der Waals surface area contributed by atoms with Gasteiger partial charge in [-0.15, -0.1) is 5.10 Å². The highest BCUT2D eigenvalue weighted by Crippen LogP contribution is 2.41. The van der Waals surface area contributed by atoms with E-state index in [-0.39, 0.29) is 6.10 Å². The van der Waals surface area contributed by atoms with Gasteiger partial charge in [0, 0.05) is 30.7 Å². The zero-order valence-corrected chi connectivity index (χ0v) is 15.1. The molecule has 1 saturated carbocycles. The molecule has 2 fully saturated rings. The van der Waals surface area contributed by atoms with E-state index in [1.807, 2.05) is 20.0 Å². The number of H-pyrrole nitrogens is 1. The van der Waals surface area contributed by atoms with Gasteiger partial charge in [-0.2, -0.15) is 0 Å². The molecule has 3 heterocycles. The van der Waals surface area contributed by atoms with Crippen LogP contribution in [0.2, 0.25) is 0 Å². The number of ether oxygens (including phenoxy) is 1. The quantitative estimate of drug-likeness (QED) is 0.753. The number of rotatable bonds is 4. The number of imidazole rings is 1. The maximum Gasteiger partial charge on any atom is 0.110 e. The monoisotopic (exact) mass is 353 g/mol. The third-order valence-electron chi connectivity index (χ3n) is 5.50. The van der Waals surface area contributed by atoms with Crippen molar-refractivity contribution in [3.63, 3.8) is 0 Å². The molecule has 26 heavy (non-hydrogen) atoms. The predicted molar refractivity (Wildman–Crippen MR) is 96.7 cm³/mol. The van der Waals surface area contributed by atoms with Gasteiger partial charge in [-0.3, -0.25) is 0 Å². The molecule has 2 aliphatic rings. The minimum absolute atomic E-state index is 0.166. The maximum atomic E-state index is 11.0. The molecule has 2 unspecified atom stereocenters. The van der Waals surface area contributed by atoms with Crippen molar-refractivity contribution >= 4 is 11.0 Å². The number of hydrogen-bond donors (Lipinski definition) is 2. The molecule has 2 N–H and O–H groups in total. The van der Waals surface area contributed by atoms with E-state index in [0.717, 1.165) is 52.2 Å². The lowest BCUT2D eigenvalue weighted by atomic mass is 9.97. The molecule has 0 amide bonds. The Morgan fingerprint density at radius 1 is 1.31 bits per heavy atom. The molecule has 2 aromatic heterocycles. The Kier molecular flexibility index (Phi) is 3.62. The molecule has 1 aliphatic heterocycles. The van der Waals surface area contributed by atoms with E-state index in [9.17, 15) is 5.11 Å². The van der Waals surface area contributed by atoms with Crippen molar-refractivity contribution in [2.45, 2.75) is 50.7 Å². The smallest absolute Gasteiger partial charge is 0.110 e. The van der Waals surface area contributed by atoms with Gasteiger partial charge >= 0.3 is 0 Å². The van der Waals surface area contributed by atoms with Crippen LogP contribution >= 0.6 is 0 Å². The summed E-state index contributed by atoms with van der Waals surface area (Å²) in [6.45, 7) is 2.66. The molecule has 2 atom stereocenters. The van der Waals surface area contributed by atoms with Crippen molar-refractivity contribution in [3.05, 3.63) is 29.2 Å². The molecule has 3 aromatic rings. The van der Waals surface area contributed by atoms with Gasteiger partial charge in [-0.05, 0) is 44.7 Å². The Bertz CT molecular complexity index is 946. The van der Waals surface area contributed by atoms with Crippen LogP contribution in [0.4, 0.5) is 0 Å². The first-order chi connectivity index (χ1) is 12.6. The van der Waals surface area contributed by atoms with Gasteiger partial charge in [0.1, 0.15) is 11.9 Å². The summed E-state index contributed by atoms with van der Waals surface area (Å²) in [5, 5.41) is 19.3. The van der Waals surface area contributed by atoms with Crippen molar-refractivity contribution in [3.8, 4) is 11.3 Å². The Balaban J connectivity index is 1.69. The van der Waals surface area contributed by atoms with E-state index in [0.29, 0.717) is 12.5 Å². The second-order valence-electron chi connectivity index (χ2n) is 7.50. The number of aryl methyl sites for hydroxylation is 2. The number of aliphatic hydroxyl groups excluding tert-OH is 1. The van der Waals surface area contributed by atoms with E-state index < -0.39 is 6.10 Å². The molecule has 0 bridgehead atoms. The summed E-state index contributed by atoms with van der Waals surface area (Å²) in [4.78, 5) is 8.30. The number of nitrogens with zero attached hydrogens (tertiary/aromatic N) is 4. The lowest BCUT2D eigenvalue weighted by molar-refractivity contribution is -0.00192. The highest BCUT2D eigenvalue weighted by atomic mass is 16.5. The van der Waals surface area contributed by atoms with E-state index >= 15 is 0 Å². The molecular weight excluding hydrogens is 330 g/mol. The van der Waals surface area contributed by atoms with Crippen LogP contribution in [0.5, 0.6) is 0 Å². The molecule has 5 rings (SSSR count). The van der Waals surface area contributed by atoms with Gasteiger partial charge in [0.2, 0.25) is 0 Å². The van der Waals surface area contributed by atoms with Crippen LogP contribution in [0, 0.1) is 6.92 Å². The van der Waals surface area contributed by atoms with Crippen molar-refractivity contribution < 1.29 is 9.84 Å². The lowest BCUT2D eigenvalue weighted by Crippen LogP contribution is -2.17. The average molecular weight is 353 g/mol. The van der Waals surface area contributed by atoms with Crippen molar-refractivity contribution in [2.75, 3.05) is 6.61 Å². The SMILES string of the molecule is Cc1nnn(C)c1-c1cc(C(O)C2CCCO2)c2nc(C3CC3)[nH]c2c1. The van der Waals surface area contributed by atoms with Gasteiger partial charge in [0.15, 0.2) is 0 Å². The second kappa shape index (κ2) is 5.89. The van der Waals surface area contributed by atoms with Crippen LogP contribution in [0.1, 0.15) is 54.8 Å². The van der Waals surface area contributed by atoms with Crippen molar-refractivity contribution in [1.29, 1.82) is 0 Å². The molecule has 0 radical (unpaired) electrons. The van der Waals surface area contributed by atoms with Crippen molar-refractivity contribution in [2.24, 2.45) is 7.05 Å². The first-order valence-corrected chi connectivity index (χ1v) is 9.31. The Labute approximate surface area is 151 Å². The van der Waals surface area contributed by atoms with E-state index in [1.165, 1.54) is 12.8 Å². The number of nitrogens with one attached hydrogen (secondary N) is 1. The summed E-state index contributed by atoms with van der Waals surface area (Å²) < 4.78 is 7.52. The van der Waals surface area contributed by atoms with Crippen LogP contribution in [0.3, 0.4) is 0 Å². The van der Waals surface area contributed by atoms with Gasteiger partial charge in [-0.25, -0.2) is 9.67 Å². The molecule has 1 aliphatic carbocycles. The molecule has 7 nitrogen and oxygen atoms in total. The first kappa shape index (κ1) is 16.0. The Morgan fingerprint density at radius 2 is 2.15 bits per heavy atom. The van der Waals surface area contributed by atoms with E-state index in [1.54, 1.807) is 4.68 Å². The van der Waals surface area contributed by atoms with E-state index in [2.05, 4.69) is 21.4 Å². The number of aliphatic hydroxyl groups is 1. The summed E-state index contributed by atoms with van der Waals surface area (Å²) in [7, 11) is 1.89. The normalized spacial score (nSPS) is 21.6. The van der Waals surface area contributed by atoms with E-state index in [4.69, 9.17) is 9.72 Å². The van der Waals surface area contributed by atoms with Gasteiger partial charge in [0.05, 0.1) is 28.5 Å². The Hall–Kier alpha value is -2.25. The lowest BCUT2D eigenvalue weighted by Gasteiger charge is -2.19. The maximum absolute atomic E-state index is 11.0. The fourth-order valence-corrected chi connectivity index (χ4v) is 3.98. The van der Waals surface area contributed by atoms with Crippen molar-refractivity contribution in [1.82, 2.24) is 25.0 Å². The third-order valence-corrected chi connectivity index (χ3v) is 5.50. The molecular formula is C19H23N5O2. The number of hydrogen-bond acceptors (Lipinski definition) is 5. The average Bonchev–Trinajstić information content (AvgIpc) is 3.04. The summed E-state index contributed by atoms with van der Waals surface area (Å²) in [5.74, 6) is 1.55. The summed E-state index contributed by atoms with van der Waals surface area (Å²) in [6.07, 6.45) is 3.38. The fraction of sp³-hybridized carbons (Fsp3) is 0.526. The molecule has 1 aromatic carbocycles. The van der Waals surface area contributed by atoms with Crippen LogP contribution in [-0.2, 0) is 11.8 Å². The first-order valence-electron chi connectivity index (χ1n) is 9.31. The zero-order valence-electron chi connectivity index (χ0n) is 15.1.